The molecule has 0 aliphatic carbocycles. The van der Waals surface area contributed by atoms with Gasteiger partial charge in [0.05, 0.1) is 6.42 Å². The lowest BCUT2D eigenvalue weighted by molar-refractivity contribution is -0.121. The van der Waals surface area contributed by atoms with E-state index in [1.165, 1.54) is 3.57 Å². The van der Waals surface area contributed by atoms with Gasteiger partial charge in [-0.1, -0.05) is 12.1 Å². The number of benzene rings is 1. The second kappa shape index (κ2) is 6.52. The number of hydrogen-bond acceptors (Lipinski definition) is 2. The number of halogens is 1. The minimum atomic E-state index is 0.123. The number of carbonyl (C=O) groups is 1. The van der Waals surface area contributed by atoms with Gasteiger partial charge in [0.15, 0.2) is 0 Å². The highest BCUT2D eigenvalue weighted by molar-refractivity contribution is 14.1. The highest BCUT2D eigenvalue weighted by Gasteiger charge is 2.22. The monoisotopic (exact) mass is 358 g/mol. The van der Waals surface area contributed by atoms with Gasteiger partial charge in [-0.3, -0.25) is 4.79 Å². The maximum atomic E-state index is 12.0. The molecule has 4 heteroatoms. The summed E-state index contributed by atoms with van der Waals surface area (Å²) in [6, 6.07) is 8.74. The number of rotatable bonds is 3. The predicted octanol–water partition coefficient (Wildman–Crippen LogP) is 2.09. The van der Waals surface area contributed by atoms with Gasteiger partial charge >= 0.3 is 0 Å². The Morgan fingerprint density at radius 1 is 1.56 bits per heavy atom. The van der Waals surface area contributed by atoms with Crippen LogP contribution in [0.5, 0.6) is 0 Å². The van der Waals surface area contributed by atoms with Gasteiger partial charge in [0.2, 0.25) is 5.91 Å². The lowest BCUT2D eigenvalue weighted by Gasteiger charge is -2.30. The van der Waals surface area contributed by atoms with E-state index in [-0.39, 0.29) is 11.9 Å². The molecule has 1 heterocycles. The molecule has 2 atom stereocenters. The zero-order chi connectivity index (χ0) is 13.0. The number of nitrogens with one attached hydrogen (secondary N) is 2. The molecule has 1 aromatic rings. The third-order valence-corrected chi connectivity index (χ3v) is 4.03. The van der Waals surface area contributed by atoms with Crippen LogP contribution in [0.2, 0.25) is 0 Å². The van der Waals surface area contributed by atoms with Crippen molar-refractivity contribution >= 4 is 28.5 Å². The lowest BCUT2D eigenvalue weighted by atomic mass is 9.99. The zero-order valence-electron chi connectivity index (χ0n) is 10.6. The van der Waals surface area contributed by atoms with Gasteiger partial charge in [-0.15, -0.1) is 0 Å². The first-order valence-corrected chi connectivity index (χ1v) is 7.50. The standard InChI is InChI=1S/C14H19IN2O/c1-10-13(6-3-7-16-10)17-14(18)9-11-4-2-5-12(15)8-11/h2,4-5,8,10,13,16H,3,6-7,9H2,1H3,(H,17,18). The van der Waals surface area contributed by atoms with E-state index < -0.39 is 0 Å². The van der Waals surface area contributed by atoms with Crippen LogP contribution in [-0.2, 0) is 11.2 Å². The van der Waals surface area contributed by atoms with E-state index >= 15 is 0 Å². The quantitative estimate of drug-likeness (QED) is 0.813. The zero-order valence-corrected chi connectivity index (χ0v) is 12.7. The molecule has 0 saturated carbocycles. The molecule has 0 aromatic heterocycles. The number of carbonyl (C=O) groups excluding carboxylic acids is 1. The molecule has 0 radical (unpaired) electrons. The Hall–Kier alpha value is -0.620. The molecule has 1 aromatic carbocycles. The molecule has 1 fully saturated rings. The van der Waals surface area contributed by atoms with Crippen molar-refractivity contribution in [2.45, 2.75) is 38.3 Å². The van der Waals surface area contributed by atoms with Crippen molar-refractivity contribution in [3.8, 4) is 0 Å². The Balaban J connectivity index is 1.88. The average molecular weight is 358 g/mol. The minimum Gasteiger partial charge on any atom is -0.352 e. The molecule has 2 unspecified atom stereocenters. The molecular formula is C14H19IN2O. The number of amides is 1. The summed E-state index contributed by atoms with van der Waals surface area (Å²) >= 11 is 2.27. The van der Waals surface area contributed by atoms with Crippen LogP contribution in [0.3, 0.4) is 0 Å². The molecule has 3 nitrogen and oxygen atoms in total. The Labute approximate surface area is 122 Å². The van der Waals surface area contributed by atoms with Gasteiger partial charge < -0.3 is 10.6 Å². The summed E-state index contributed by atoms with van der Waals surface area (Å²) in [5.41, 5.74) is 1.08. The van der Waals surface area contributed by atoms with Crippen LogP contribution in [0.4, 0.5) is 0 Å². The molecule has 18 heavy (non-hydrogen) atoms. The van der Waals surface area contributed by atoms with Gasteiger partial charge in [0, 0.05) is 15.7 Å². The molecule has 1 amide bonds. The first kappa shape index (κ1) is 13.8. The highest BCUT2D eigenvalue weighted by atomic mass is 127. The summed E-state index contributed by atoms with van der Waals surface area (Å²) < 4.78 is 1.17. The van der Waals surface area contributed by atoms with E-state index in [0.29, 0.717) is 12.5 Å². The third-order valence-electron chi connectivity index (χ3n) is 3.36. The normalized spacial score (nSPS) is 23.7. The molecule has 1 aliphatic rings. The van der Waals surface area contributed by atoms with Crippen molar-refractivity contribution in [2.24, 2.45) is 0 Å². The number of piperidine rings is 1. The first-order valence-electron chi connectivity index (χ1n) is 6.42. The third kappa shape index (κ3) is 3.95. The van der Waals surface area contributed by atoms with Crippen molar-refractivity contribution in [1.82, 2.24) is 10.6 Å². The van der Waals surface area contributed by atoms with E-state index in [1.807, 2.05) is 18.2 Å². The van der Waals surface area contributed by atoms with Crippen LogP contribution in [-0.4, -0.2) is 24.5 Å². The Morgan fingerprint density at radius 2 is 2.39 bits per heavy atom. The molecular weight excluding hydrogens is 339 g/mol. The number of hydrogen-bond donors (Lipinski definition) is 2. The van der Waals surface area contributed by atoms with E-state index in [2.05, 4.69) is 46.2 Å². The smallest absolute Gasteiger partial charge is 0.224 e. The summed E-state index contributed by atoms with van der Waals surface area (Å²) in [5, 5.41) is 6.53. The second-order valence-electron chi connectivity index (χ2n) is 4.87. The van der Waals surface area contributed by atoms with Gasteiger partial charge in [-0.2, -0.15) is 0 Å². The summed E-state index contributed by atoms with van der Waals surface area (Å²) in [7, 11) is 0. The van der Waals surface area contributed by atoms with Crippen molar-refractivity contribution < 1.29 is 4.79 Å². The van der Waals surface area contributed by atoms with Gasteiger partial charge in [0.1, 0.15) is 0 Å². The Morgan fingerprint density at radius 3 is 3.11 bits per heavy atom. The molecule has 1 saturated heterocycles. The Kier molecular flexibility index (Phi) is 5.00. The average Bonchev–Trinajstić information content (AvgIpc) is 2.32. The molecule has 98 valence electrons. The fourth-order valence-corrected chi connectivity index (χ4v) is 2.94. The van der Waals surface area contributed by atoms with E-state index in [0.717, 1.165) is 24.9 Å². The van der Waals surface area contributed by atoms with Crippen LogP contribution < -0.4 is 10.6 Å². The van der Waals surface area contributed by atoms with Crippen LogP contribution in [0.15, 0.2) is 24.3 Å². The molecule has 2 N–H and O–H groups in total. The fraction of sp³-hybridized carbons (Fsp3) is 0.500. The minimum absolute atomic E-state index is 0.123. The summed E-state index contributed by atoms with van der Waals surface area (Å²) in [5.74, 6) is 0.123. The van der Waals surface area contributed by atoms with Crippen LogP contribution in [0.1, 0.15) is 25.3 Å². The predicted molar refractivity (Wildman–Crippen MR) is 81.5 cm³/mol. The van der Waals surface area contributed by atoms with Crippen molar-refractivity contribution in [1.29, 1.82) is 0 Å². The fourth-order valence-electron chi connectivity index (χ4n) is 2.33. The van der Waals surface area contributed by atoms with Gasteiger partial charge in [-0.05, 0) is 66.6 Å². The maximum Gasteiger partial charge on any atom is 0.224 e. The Bertz CT molecular complexity index is 422. The van der Waals surface area contributed by atoms with Crippen LogP contribution in [0, 0.1) is 3.57 Å². The summed E-state index contributed by atoms with van der Waals surface area (Å²) in [6.07, 6.45) is 2.69. The van der Waals surface area contributed by atoms with E-state index in [1.54, 1.807) is 0 Å². The van der Waals surface area contributed by atoms with E-state index in [9.17, 15) is 4.79 Å². The summed E-state index contributed by atoms with van der Waals surface area (Å²) in [4.78, 5) is 12.0. The van der Waals surface area contributed by atoms with Crippen LogP contribution >= 0.6 is 22.6 Å². The molecule has 0 bridgehead atoms. The largest absolute Gasteiger partial charge is 0.352 e. The second-order valence-corrected chi connectivity index (χ2v) is 6.11. The maximum absolute atomic E-state index is 12.0. The first-order chi connectivity index (χ1) is 8.65. The van der Waals surface area contributed by atoms with E-state index in [4.69, 9.17) is 0 Å². The van der Waals surface area contributed by atoms with Gasteiger partial charge in [-0.25, -0.2) is 0 Å². The topological polar surface area (TPSA) is 41.1 Å². The molecule has 0 spiro atoms. The molecule has 2 rings (SSSR count). The summed E-state index contributed by atoms with van der Waals surface area (Å²) in [6.45, 7) is 3.19. The van der Waals surface area contributed by atoms with Gasteiger partial charge in [0.25, 0.3) is 0 Å². The SMILES string of the molecule is CC1NCCCC1NC(=O)Cc1cccc(I)c1. The van der Waals surface area contributed by atoms with Crippen molar-refractivity contribution in [3.05, 3.63) is 33.4 Å². The lowest BCUT2D eigenvalue weighted by Crippen LogP contribution is -2.52. The van der Waals surface area contributed by atoms with Crippen molar-refractivity contribution in [2.75, 3.05) is 6.54 Å². The highest BCUT2D eigenvalue weighted by Crippen LogP contribution is 2.10. The van der Waals surface area contributed by atoms with Crippen molar-refractivity contribution in [3.63, 3.8) is 0 Å². The van der Waals surface area contributed by atoms with Crippen LogP contribution in [0.25, 0.3) is 0 Å². The molecule has 1 aliphatic heterocycles.